The fourth-order valence-electron chi connectivity index (χ4n) is 4.28. The van der Waals surface area contributed by atoms with Gasteiger partial charge in [-0.25, -0.2) is 0 Å². The van der Waals surface area contributed by atoms with Crippen molar-refractivity contribution in [1.29, 1.82) is 0 Å². The zero-order chi connectivity index (χ0) is 21.7. The van der Waals surface area contributed by atoms with E-state index >= 15 is 0 Å². The molecule has 1 fully saturated rings. The number of carbonyl (C=O) groups is 2. The van der Waals surface area contributed by atoms with E-state index in [-0.39, 0.29) is 17.7 Å². The fraction of sp³-hybridized carbons (Fsp3) is 0.360. The number of hydrogen-bond acceptors (Lipinski definition) is 4. The summed E-state index contributed by atoms with van der Waals surface area (Å²) < 4.78 is 5.35. The molecule has 6 nitrogen and oxygen atoms in total. The number of para-hydroxylation sites is 1. The molecule has 2 unspecified atom stereocenters. The first-order chi connectivity index (χ1) is 15.1. The molecule has 1 aliphatic heterocycles. The van der Waals surface area contributed by atoms with Crippen LogP contribution in [0.25, 0.3) is 0 Å². The van der Waals surface area contributed by atoms with E-state index in [1.54, 1.807) is 18.2 Å². The molecule has 1 saturated heterocycles. The number of carbonyl (C=O) groups excluding carboxylic acids is 2. The van der Waals surface area contributed by atoms with Crippen molar-refractivity contribution in [2.24, 2.45) is 11.3 Å². The molecule has 0 spiro atoms. The summed E-state index contributed by atoms with van der Waals surface area (Å²) in [6.07, 6.45) is 14.0. The summed E-state index contributed by atoms with van der Waals surface area (Å²) in [6, 6.07) is 7.14. The zero-order valence-electron chi connectivity index (χ0n) is 17.8. The van der Waals surface area contributed by atoms with Crippen LogP contribution in [-0.2, 0) is 9.53 Å². The lowest BCUT2D eigenvalue weighted by Crippen LogP contribution is -2.41. The Hall–Kier alpha value is -2.96. The van der Waals surface area contributed by atoms with Gasteiger partial charge in [-0.3, -0.25) is 14.5 Å². The van der Waals surface area contributed by atoms with Gasteiger partial charge in [0.1, 0.15) is 0 Å². The number of rotatable bonds is 6. The third-order valence-corrected chi connectivity index (χ3v) is 6.21. The van der Waals surface area contributed by atoms with Crippen molar-refractivity contribution in [2.45, 2.75) is 6.92 Å². The predicted octanol–water partition coefficient (Wildman–Crippen LogP) is 2.93. The largest absolute Gasteiger partial charge is 0.379 e. The van der Waals surface area contributed by atoms with Gasteiger partial charge in [0.2, 0.25) is 0 Å². The second-order valence-corrected chi connectivity index (χ2v) is 8.23. The number of hydrogen-bond donors (Lipinski definition) is 2. The number of amides is 2. The Labute approximate surface area is 183 Å². The standard InChI is InChI=1S/C25H29N3O3/c1-25-12-5-4-7-19(25)8-6-10-21(25)24(30)27-22-11-3-2-9-20(22)23(29)26-13-14-28-15-17-31-18-16-28/h2-12,19H,13-18H2,1H3,(H,26,29)(H,27,30). The minimum absolute atomic E-state index is 0.141. The van der Waals surface area contributed by atoms with Crippen molar-refractivity contribution in [3.8, 4) is 0 Å². The van der Waals surface area contributed by atoms with E-state index in [1.165, 1.54) is 0 Å². The molecule has 4 rings (SSSR count). The van der Waals surface area contributed by atoms with Gasteiger partial charge < -0.3 is 15.4 Å². The minimum atomic E-state index is -0.400. The Kier molecular flexibility index (Phi) is 6.49. The number of benzene rings is 1. The van der Waals surface area contributed by atoms with Gasteiger partial charge in [-0.2, -0.15) is 0 Å². The SMILES string of the molecule is CC12C=CC=CC1C=CC=C2C(=O)Nc1ccccc1C(=O)NCCN1CCOCC1. The molecule has 6 heteroatoms. The molecule has 162 valence electrons. The molecule has 1 heterocycles. The van der Waals surface area contributed by atoms with Crippen molar-refractivity contribution in [1.82, 2.24) is 10.2 Å². The Bertz CT molecular complexity index is 957. The summed E-state index contributed by atoms with van der Waals surface area (Å²) in [5.41, 5.74) is 1.26. The van der Waals surface area contributed by atoms with E-state index in [1.807, 2.05) is 30.4 Å². The van der Waals surface area contributed by atoms with Gasteiger partial charge in [0, 0.05) is 43.1 Å². The first-order valence-corrected chi connectivity index (χ1v) is 10.8. The van der Waals surface area contributed by atoms with Crippen LogP contribution in [0.1, 0.15) is 17.3 Å². The van der Waals surface area contributed by atoms with Gasteiger partial charge in [-0.1, -0.05) is 61.6 Å². The maximum Gasteiger partial charge on any atom is 0.253 e. The lowest BCUT2D eigenvalue weighted by atomic mass is 9.66. The van der Waals surface area contributed by atoms with E-state index < -0.39 is 5.41 Å². The smallest absolute Gasteiger partial charge is 0.253 e. The lowest BCUT2D eigenvalue weighted by molar-refractivity contribution is -0.113. The number of nitrogens with one attached hydrogen (secondary N) is 2. The highest BCUT2D eigenvalue weighted by Crippen LogP contribution is 2.43. The molecule has 31 heavy (non-hydrogen) atoms. The quantitative estimate of drug-likeness (QED) is 0.744. The molecule has 0 aromatic heterocycles. The first-order valence-electron chi connectivity index (χ1n) is 10.8. The highest BCUT2D eigenvalue weighted by atomic mass is 16.5. The van der Waals surface area contributed by atoms with Crippen LogP contribution in [0, 0.1) is 11.3 Å². The molecule has 0 bridgehead atoms. The Morgan fingerprint density at radius 3 is 2.71 bits per heavy atom. The minimum Gasteiger partial charge on any atom is -0.379 e. The van der Waals surface area contributed by atoms with E-state index in [4.69, 9.17) is 4.74 Å². The number of anilines is 1. The third-order valence-electron chi connectivity index (χ3n) is 6.21. The fourth-order valence-corrected chi connectivity index (χ4v) is 4.28. The first kappa shape index (κ1) is 21.3. The molecule has 2 N–H and O–H groups in total. The van der Waals surface area contributed by atoms with E-state index in [9.17, 15) is 9.59 Å². The van der Waals surface area contributed by atoms with Crippen LogP contribution in [0.3, 0.4) is 0 Å². The average Bonchev–Trinajstić information content (AvgIpc) is 2.79. The molecule has 1 aromatic rings. The molecule has 3 aliphatic rings. The molecular formula is C25H29N3O3. The molecule has 2 amide bonds. The van der Waals surface area contributed by atoms with Crippen molar-refractivity contribution in [3.63, 3.8) is 0 Å². The predicted molar refractivity (Wildman–Crippen MR) is 122 cm³/mol. The topological polar surface area (TPSA) is 70.7 Å². The Morgan fingerprint density at radius 1 is 1.10 bits per heavy atom. The van der Waals surface area contributed by atoms with Crippen LogP contribution < -0.4 is 10.6 Å². The second kappa shape index (κ2) is 9.45. The number of ether oxygens (including phenoxy) is 1. The number of nitrogens with zero attached hydrogens (tertiary/aromatic N) is 1. The summed E-state index contributed by atoms with van der Waals surface area (Å²) in [6.45, 7) is 6.63. The van der Waals surface area contributed by atoms with Crippen LogP contribution in [0.5, 0.6) is 0 Å². The summed E-state index contributed by atoms with van der Waals surface area (Å²) in [4.78, 5) is 28.3. The van der Waals surface area contributed by atoms with Crippen LogP contribution in [0.15, 0.2) is 72.4 Å². The van der Waals surface area contributed by atoms with Gasteiger partial charge in [0.25, 0.3) is 11.8 Å². The van der Waals surface area contributed by atoms with E-state index in [0.717, 1.165) is 32.8 Å². The van der Waals surface area contributed by atoms with Crippen LogP contribution in [0.4, 0.5) is 5.69 Å². The third kappa shape index (κ3) is 4.70. The van der Waals surface area contributed by atoms with Crippen LogP contribution in [-0.4, -0.2) is 56.1 Å². The maximum atomic E-state index is 13.2. The normalized spacial score (nSPS) is 24.9. The van der Waals surface area contributed by atoms with E-state index in [0.29, 0.717) is 23.4 Å². The number of allylic oxidation sites excluding steroid dienone is 7. The highest BCUT2D eigenvalue weighted by Gasteiger charge is 2.38. The zero-order valence-corrected chi connectivity index (χ0v) is 17.8. The van der Waals surface area contributed by atoms with Crippen molar-refractivity contribution in [2.75, 3.05) is 44.7 Å². The molecule has 2 atom stereocenters. The maximum absolute atomic E-state index is 13.2. The number of fused-ring (bicyclic) bond motifs is 1. The highest BCUT2D eigenvalue weighted by molar-refractivity contribution is 6.09. The van der Waals surface area contributed by atoms with Crippen LogP contribution >= 0.6 is 0 Å². The monoisotopic (exact) mass is 419 g/mol. The molecular weight excluding hydrogens is 390 g/mol. The Balaban J connectivity index is 1.42. The van der Waals surface area contributed by atoms with Gasteiger partial charge in [0.05, 0.1) is 24.5 Å². The summed E-state index contributed by atoms with van der Waals surface area (Å²) in [5.74, 6) is -0.237. The summed E-state index contributed by atoms with van der Waals surface area (Å²) in [5, 5.41) is 5.95. The van der Waals surface area contributed by atoms with Gasteiger partial charge in [0.15, 0.2) is 0 Å². The van der Waals surface area contributed by atoms with Gasteiger partial charge >= 0.3 is 0 Å². The second-order valence-electron chi connectivity index (χ2n) is 8.23. The molecule has 0 radical (unpaired) electrons. The van der Waals surface area contributed by atoms with Crippen molar-refractivity contribution in [3.05, 3.63) is 77.9 Å². The summed E-state index contributed by atoms with van der Waals surface area (Å²) in [7, 11) is 0. The van der Waals surface area contributed by atoms with E-state index in [2.05, 4.69) is 40.7 Å². The molecule has 0 saturated carbocycles. The average molecular weight is 420 g/mol. The molecule has 2 aliphatic carbocycles. The Morgan fingerprint density at radius 2 is 1.87 bits per heavy atom. The summed E-state index contributed by atoms with van der Waals surface area (Å²) >= 11 is 0. The lowest BCUT2D eigenvalue weighted by Gasteiger charge is -2.37. The van der Waals surface area contributed by atoms with Crippen molar-refractivity contribution >= 4 is 17.5 Å². The van der Waals surface area contributed by atoms with Gasteiger partial charge in [-0.15, -0.1) is 0 Å². The number of morpholine rings is 1. The van der Waals surface area contributed by atoms with Gasteiger partial charge in [-0.05, 0) is 12.1 Å². The molecule has 1 aromatic carbocycles. The van der Waals surface area contributed by atoms with Crippen molar-refractivity contribution < 1.29 is 14.3 Å². The van der Waals surface area contributed by atoms with Crippen LogP contribution in [0.2, 0.25) is 0 Å².